The molecule has 0 saturated heterocycles. The standard InChI is InChI=1S/C28H25FN4O3/c1-4-35-23-14-10-19(11-15-23)25-24(27-31-26(32-36-27)20-6-5-7-21(29)16-20)18(3)33(28(34)30-25)22-12-8-17(2)9-13-22/h5-16,25H,4H2,1-3H3,(H,30,34). The smallest absolute Gasteiger partial charge is 0.326 e. The van der Waals surface area contributed by atoms with Gasteiger partial charge in [0.05, 0.1) is 23.9 Å². The van der Waals surface area contributed by atoms with Gasteiger partial charge in [-0.05, 0) is 62.7 Å². The molecule has 7 nitrogen and oxygen atoms in total. The van der Waals surface area contributed by atoms with Crippen LogP contribution in [0, 0.1) is 12.7 Å². The molecule has 5 rings (SSSR count). The van der Waals surface area contributed by atoms with Crippen LogP contribution in [0.15, 0.2) is 83.0 Å². The Bertz CT molecular complexity index is 1430. The van der Waals surface area contributed by atoms with Gasteiger partial charge in [0, 0.05) is 11.3 Å². The molecule has 8 heteroatoms. The number of halogens is 1. The molecule has 0 bridgehead atoms. The Kier molecular flexibility index (Phi) is 6.25. The molecule has 0 aliphatic carbocycles. The first-order valence-corrected chi connectivity index (χ1v) is 11.7. The van der Waals surface area contributed by atoms with Crippen LogP contribution in [0.2, 0.25) is 0 Å². The second kappa shape index (κ2) is 9.65. The highest BCUT2D eigenvalue weighted by Gasteiger charge is 2.36. The van der Waals surface area contributed by atoms with E-state index in [-0.39, 0.29) is 17.7 Å². The fourth-order valence-corrected chi connectivity index (χ4v) is 4.28. The van der Waals surface area contributed by atoms with E-state index >= 15 is 0 Å². The second-order valence-corrected chi connectivity index (χ2v) is 8.49. The minimum atomic E-state index is -0.546. The number of benzene rings is 3. The maximum Gasteiger partial charge on any atom is 0.326 e. The average Bonchev–Trinajstić information content (AvgIpc) is 3.35. The summed E-state index contributed by atoms with van der Waals surface area (Å²) in [5, 5.41) is 7.18. The van der Waals surface area contributed by atoms with Crippen molar-refractivity contribution >= 4 is 17.3 Å². The highest BCUT2D eigenvalue weighted by molar-refractivity contribution is 6.01. The lowest BCUT2D eigenvalue weighted by Gasteiger charge is -2.35. The van der Waals surface area contributed by atoms with E-state index in [0.29, 0.717) is 29.1 Å². The van der Waals surface area contributed by atoms with E-state index in [9.17, 15) is 9.18 Å². The van der Waals surface area contributed by atoms with Crippen LogP contribution in [-0.2, 0) is 0 Å². The first kappa shape index (κ1) is 23.3. The highest BCUT2D eigenvalue weighted by atomic mass is 19.1. The summed E-state index contributed by atoms with van der Waals surface area (Å²) in [6, 6.07) is 20.4. The van der Waals surface area contributed by atoms with Crippen LogP contribution >= 0.6 is 0 Å². The van der Waals surface area contributed by atoms with Crippen molar-refractivity contribution in [2.24, 2.45) is 0 Å². The summed E-state index contributed by atoms with van der Waals surface area (Å²) in [6.07, 6.45) is 0. The van der Waals surface area contributed by atoms with Crippen molar-refractivity contribution in [2.45, 2.75) is 26.8 Å². The van der Waals surface area contributed by atoms with Gasteiger partial charge in [-0.3, -0.25) is 4.90 Å². The largest absolute Gasteiger partial charge is 0.494 e. The van der Waals surface area contributed by atoms with Crippen molar-refractivity contribution in [3.05, 3.63) is 101 Å². The summed E-state index contributed by atoms with van der Waals surface area (Å²) in [7, 11) is 0. The third-order valence-electron chi connectivity index (χ3n) is 6.04. The topological polar surface area (TPSA) is 80.5 Å². The zero-order valence-corrected chi connectivity index (χ0v) is 20.2. The first-order valence-electron chi connectivity index (χ1n) is 11.7. The number of carbonyl (C=O) groups excluding carboxylic acids is 1. The minimum Gasteiger partial charge on any atom is -0.494 e. The Morgan fingerprint density at radius 1 is 1.06 bits per heavy atom. The first-order chi connectivity index (χ1) is 17.4. The third kappa shape index (κ3) is 4.45. The predicted octanol–water partition coefficient (Wildman–Crippen LogP) is 6.28. The number of nitrogens with zero attached hydrogens (tertiary/aromatic N) is 3. The Morgan fingerprint density at radius 2 is 1.81 bits per heavy atom. The molecule has 0 saturated carbocycles. The molecule has 182 valence electrons. The maximum absolute atomic E-state index is 13.8. The fourth-order valence-electron chi connectivity index (χ4n) is 4.28. The van der Waals surface area contributed by atoms with Gasteiger partial charge in [-0.15, -0.1) is 0 Å². The molecule has 36 heavy (non-hydrogen) atoms. The second-order valence-electron chi connectivity index (χ2n) is 8.49. The number of hydrogen-bond donors (Lipinski definition) is 1. The fraction of sp³-hybridized carbons (Fsp3) is 0.179. The van der Waals surface area contributed by atoms with E-state index in [1.165, 1.54) is 12.1 Å². The maximum atomic E-state index is 13.8. The minimum absolute atomic E-state index is 0.239. The van der Waals surface area contributed by atoms with Gasteiger partial charge in [-0.25, -0.2) is 9.18 Å². The summed E-state index contributed by atoms with van der Waals surface area (Å²) < 4.78 is 25.0. The van der Waals surface area contributed by atoms with Crippen molar-refractivity contribution in [2.75, 3.05) is 11.5 Å². The van der Waals surface area contributed by atoms with E-state index < -0.39 is 11.9 Å². The van der Waals surface area contributed by atoms with Crippen LogP contribution < -0.4 is 15.0 Å². The molecule has 1 N–H and O–H groups in total. The van der Waals surface area contributed by atoms with E-state index in [2.05, 4.69) is 15.5 Å². The summed E-state index contributed by atoms with van der Waals surface area (Å²) >= 11 is 0. The number of aromatic nitrogens is 2. The van der Waals surface area contributed by atoms with E-state index in [1.54, 1.807) is 17.0 Å². The molecule has 0 fully saturated rings. The van der Waals surface area contributed by atoms with Crippen LogP contribution in [0.3, 0.4) is 0 Å². The number of ether oxygens (including phenoxy) is 1. The molecule has 4 aromatic rings. The molecule has 0 spiro atoms. The molecular weight excluding hydrogens is 459 g/mol. The molecule has 1 atom stereocenters. The van der Waals surface area contributed by atoms with Crippen molar-refractivity contribution < 1.29 is 18.4 Å². The van der Waals surface area contributed by atoms with Gasteiger partial charge in [-0.1, -0.05) is 47.1 Å². The lowest BCUT2D eigenvalue weighted by atomic mass is 9.94. The van der Waals surface area contributed by atoms with Gasteiger partial charge in [0.25, 0.3) is 5.89 Å². The number of nitrogens with one attached hydrogen (secondary N) is 1. The summed E-state index contributed by atoms with van der Waals surface area (Å²) in [5.41, 5.74) is 4.42. The van der Waals surface area contributed by atoms with Gasteiger partial charge in [0.2, 0.25) is 5.82 Å². The Labute approximate surface area is 208 Å². The SMILES string of the molecule is CCOc1ccc(C2NC(=O)N(c3ccc(C)cc3)C(C)=C2c2nc(-c3cccc(F)c3)no2)cc1. The normalized spacial score (nSPS) is 15.7. The van der Waals surface area contributed by atoms with Gasteiger partial charge in [0.1, 0.15) is 11.6 Å². The number of allylic oxidation sites excluding steroid dienone is 1. The molecule has 3 aromatic carbocycles. The lowest BCUT2D eigenvalue weighted by molar-refractivity contribution is 0.244. The highest BCUT2D eigenvalue weighted by Crippen LogP contribution is 2.39. The van der Waals surface area contributed by atoms with Crippen LogP contribution in [0.25, 0.3) is 17.0 Å². The van der Waals surface area contributed by atoms with Crippen LogP contribution in [-0.4, -0.2) is 22.8 Å². The Balaban J connectivity index is 1.62. The number of urea groups is 1. The van der Waals surface area contributed by atoms with Crippen LogP contribution in [0.5, 0.6) is 5.75 Å². The van der Waals surface area contributed by atoms with Crippen molar-refractivity contribution in [3.8, 4) is 17.1 Å². The number of carbonyl (C=O) groups is 1. The van der Waals surface area contributed by atoms with E-state index in [4.69, 9.17) is 9.26 Å². The number of aryl methyl sites for hydroxylation is 1. The molecule has 2 amide bonds. The zero-order chi connectivity index (χ0) is 25.2. The molecule has 2 heterocycles. The van der Waals surface area contributed by atoms with E-state index in [0.717, 1.165) is 16.9 Å². The van der Waals surface area contributed by atoms with Crippen molar-refractivity contribution in [1.82, 2.24) is 15.5 Å². The summed E-state index contributed by atoms with van der Waals surface area (Å²) in [5.74, 6) is 0.840. The zero-order valence-electron chi connectivity index (χ0n) is 20.2. The molecule has 1 aliphatic rings. The molecule has 0 radical (unpaired) electrons. The number of amides is 2. The average molecular weight is 485 g/mol. The Hall–Kier alpha value is -4.46. The Morgan fingerprint density at radius 3 is 2.50 bits per heavy atom. The van der Waals surface area contributed by atoms with Crippen molar-refractivity contribution in [1.29, 1.82) is 0 Å². The third-order valence-corrected chi connectivity index (χ3v) is 6.04. The predicted molar refractivity (Wildman–Crippen MR) is 135 cm³/mol. The molecule has 1 aromatic heterocycles. The van der Waals surface area contributed by atoms with Crippen LogP contribution in [0.1, 0.15) is 36.9 Å². The summed E-state index contributed by atoms with van der Waals surface area (Å²) in [6.45, 7) is 6.31. The molecular formula is C28H25FN4O3. The number of rotatable bonds is 6. The van der Waals surface area contributed by atoms with Gasteiger partial charge < -0.3 is 14.6 Å². The number of hydrogen-bond acceptors (Lipinski definition) is 5. The molecule has 1 unspecified atom stereocenters. The summed E-state index contributed by atoms with van der Waals surface area (Å²) in [4.78, 5) is 19.5. The quantitative estimate of drug-likeness (QED) is 0.348. The monoisotopic (exact) mass is 484 g/mol. The lowest BCUT2D eigenvalue weighted by Crippen LogP contribution is -2.46. The van der Waals surface area contributed by atoms with Gasteiger partial charge >= 0.3 is 6.03 Å². The number of anilines is 1. The van der Waals surface area contributed by atoms with Crippen LogP contribution in [0.4, 0.5) is 14.9 Å². The van der Waals surface area contributed by atoms with Gasteiger partial charge in [-0.2, -0.15) is 4.98 Å². The van der Waals surface area contributed by atoms with Crippen molar-refractivity contribution in [3.63, 3.8) is 0 Å². The molecule has 1 aliphatic heterocycles. The van der Waals surface area contributed by atoms with E-state index in [1.807, 2.05) is 69.3 Å². The van der Waals surface area contributed by atoms with Gasteiger partial charge in [0.15, 0.2) is 0 Å².